The molecule has 0 aliphatic heterocycles. The maximum atomic E-state index is 11.7. The second-order valence-electron chi connectivity index (χ2n) is 8.31. The molecule has 2 N–H and O–H groups in total. The summed E-state index contributed by atoms with van der Waals surface area (Å²) in [4.78, 5) is 28.2. The monoisotopic (exact) mass is 412 g/mol. The van der Waals surface area contributed by atoms with Crippen LogP contribution in [-0.4, -0.2) is 11.8 Å². The van der Waals surface area contributed by atoms with E-state index < -0.39 is 0 Å². The van der Waals surface area contributed by atoms with Crippen molar-refractivity contribution >= 4 is 11.8 Å². The van der Waals surface area contributed by atoms with Crippen molar-refractivity contribution in [2.24, 2.45) is 0 Å². The van der Waals surface area contributed by atoms with Crippen LogP contribution in [0.5, 0.6) is 0 Å². The minimum Gasteiger partial charge on any atom is -0.273 e. The van der Waals surface area contributed by atoms with Gasteiger partial charge in [0.25, 0.3) is 0 Å². The summed E-state index contributed by atoms with van der Waals surface area (Å²) in [7, 11) is 0. The van der Waals surface area contributed by atoms with Gasteiger partial charge in [-0.25, -0.2) is 11.0 Å². The second-order valence-corrected chi connectivity index (χ2v) is 8.31. The first-order valence-corrected chi connectivity index (χ1v) is 12.4. The molecule has 0 heterocycles. The van der Waals surface area contributed by atoms with Gasteiger partial charge in [-0.3, -0.25) is 9.59 Å². The van der Waals surface area contributed by atoms with Gasteiger partial charge in [-0.15, -0.1) is 0 Å². The van der Waals surface area contributed by atoms with Gasteiger partial charge in [0, 0.05) is 12.8 Å². The Labute approximate surface area is 180 Å². The molecule has 0 aromatic heterocycles. The second kappa shape index (κ2) is 23.2. The molecule has 0 aromatic rings. The maximum Gasteiger partial charge on any atom is 0.245 e. The predicted octanol–water partition coefficient (Wildman–Crippen LogP) is 6.91. The number of hydroxylamine groups is 2. The molecule has 0 rings (SSSR count). The van der Waals surface area contributed by atoms with E-state index in [-0.39, 0.29) is 11.8 Å². The van der Waals surface area contributed by atoms with Gasteiger partial charge in [0.05, 0.1) is 0 Å². The van der Waals surface area contributed by atoms with Crippen molar-refractivity contribution in [2.75, 3.05) is 0 Å². The lowest BCUT2D eigenvalue weighted by Crippen LogP contribution is -2.34. The van der Waals surface area contributed by atoms with Crippen LogP contribution in [0, 0.1) is 0 Å². The number of unbranched alkanes of at least 4 members (excludes halogenated alkanes) is 16. The number of hydrogen-bond acceptors (Lipinski definition) is 3. The molecule has 0 saturated carbocycles. The summed E-state index contributed by atoms with van der Waals surface area (Å²) in [6, 6.07) is 0. The van der Waals surface area contributed by atoms with E-state index in [0.717, 1.165) is 25.7 Å². The Morgan fingerprint density at radius 1 is 0.483 bits per heavy atom. The molecular formula is C24H48N2O3. The number of hydrogen-bond donors (Lipinski definition) is 2. The SMILES string of the molecule is CCCCCCCCCCCC(=O)NONC(=O)CCCCCCCCCCC. The Kier molecular flexibility index (Phi) is 22.3. The zero-order valence-electron chi connectivity index (χ0n) is 19.4. The molecule has 0 saturated heterocycles. The molecule has 0 aliphatic rings. The predicted molar refractivity (Wildman–Crippen MR) is 121 cm³/mol. The van der Waals surface area contributed by atoms with Gasteiger partial charge in [-0.05, 0) is 12.8 Å². The van der Waals surface area contributed by atoms with Crippen LogP contribution in [0.1, 0.15) is 142 Å². The topological polar surface area (TPSA) is 67.4 Å². The first-order chi connectivity index (χ1) is 14.2. The van der Waals surface area contributed by atoms with Crippen molar-refractivity contribution in [3.8, 4) is 0 Å². The van der Waals surface area contributed by atoms with E-state index >= 15 is 0 Å². The van der Waals surface area contributed by atoms with E-state index in [1.54, 1.807) is 0 Å². The maximum absolute atomic E-state index is 11.7. The van der Waals surface area contributed by atoms with Crippen LogP contribution in [0.25, 0.3) is 0 Å². The fourth-order valence-electron chi connectivity index (χ4n) is 3.43. The molecule has 0 atom stereocenters. The quantitative estimate of drug-likeness (QED) is 0.150. The summed E-state index contributed by atoms with van der Waals surface area (Å²) in [6.07, 6.45) is 22.9. The molecule has 0 fully saturated rings. The minimum absolute atomic E-state index is 0.170. The molecule has 172 valence electrons. The van der Waals surface area contributed by atoms with Crippen LogP contribution in [0.3, 0.4) is 0 Å². The summed E-state index contributed by atoms with van der Waals surface area (Å²) in [5, 5.41) is 0. The van der Waals surface area contributed by atoms with Crippen molar-refractivity contribution in [3.63, 3.8) is 0 Å². The Bertz CT molecular complexity index is 341. The Morgan fingerprint density at radius 3 is 1.07 bits per heavy atom. The zero-order chi connectivity index (χ0) is 21.4. The van der Waals surface area contributed by atoms with Crippen molar-refractivity contribution in [3.05, 3.63) is 0 Å². The van der Waals surface area contributed by atoms with Gasteiger partial charge in [0.15, 0.2) is 0 Å². The van der Waals surface area contributed by atoms with Crippen LogP contribution < -0.4 is 11.0 Å². The summed E-state index contributed by atoms with van der Waals surface area (Å²) >= 11 is 0. The van der Waals surface area contributed by atoms with Crippen molar-refractivity contribution < 1.29 is 14.5 Å². The molecule has 5 nitrogen and oxygen atoms in total. The third-order valence-corrected chi connectivity index (χ3v) is 5.34. The fraction of sp³-hybridized carbons (Fsp3) is 0.917. The number of amides is 2. The van der Waals surface area contributed by atoms with Crippen molar-refractivity contribution in [1.29, 1.82) is 0 Å². The largest absolute Gasteiger partial charge is 0.273 e. The number of carbonyl (C=O) groups excluding carboxylic acids is 2. The molecule has 0 spiro atoms. The number of carbonyl (C=O) groups is 2. The lowest BCUT2D eigenvalue weighted by Gasteiger charge is -2.07. The van der Waals surface area contributed by atoms with Crippen molar-refractivity contribution in [1.82, 2.24) is 11.0 Å². The minimum atomic E-state index is -0.170. The normalized spacial score (nSPS) is 10.8. The average molecular weight is 413 g/mol. The van der Waals surface area contributed by atoms with Gasteiger partial charge >= 0.3 is 0 Å². The third-order valence-electron chi connectivity index (χ3n) is 5.34. The van der Waals surface area contributed by atoms with Crippen LogP contribution in [0.4, 0.5) is 0 Å². The first-order valence-electron chi connectivity index (χ1n) is 12.4. The lowest BCUT2D eigenvalue weighted by atomic mass is 10.1. The molecule has 0 aromatic carbocycles. The molecule has 2 amide bonds. The highest BCUT2D eigenvalue weighted by atomic mass is 16.8. The van der Waals surface area contributed by atoms with Gasteiger partial charge in [0.2, 0.25) is 11.8 Å². The summed E-state index contributed by atoms with van der Waals surface area (Å²) in [6.45, 7) is 4.47. The van der Waals surface area contributed by atoms with E-state index in [1.165, 1.54) is 89.9 Å². The highest BCUT2D eigenvalue weighted by Gasteiger charge is 2.04. The van der Waals surface area contributed by atoms with Gasteiger partial charge in [0.1, 0.15) is 0 Å². The van der Waals surface area contributed by atoms with E-state index in [4.69, 9.17) is 4.94 Å². The molecule has 29 heavy (non-hydrogen) atoms. The lowest BCUT2D eigenvalue weighted by molar-refractivity contribution is -0.151. The van der Waals surface area contributed by atoms with Crippen LogP contribution in [-0.2, 0) is 14.5 Å². The van der Waals surface area contributed by atoms with Gasteiger partial charge in [-0.2, -0.15) is 4.94 Å². The smallest absolute Gasteiger partial charge is 0.245 e. The highest BCUT2D eigenvalue weighted by molar-refractivity contribution is 5.76. The first kappa shape index (κ1) is 27.9. The van der Waals surface area contributed by atoms with E-state index in [9.17, 15) is 9.59 Å². The molecule has 0 bridgehead atoms. The van der Waals surface area contributed by atoms with E-state index in [2.05, 4.69) is 24.8 Å². The third kappa shape index (κ3) is 23.0. The molecule has 0 aliphatic carbocycles. The fourth-order valence-corrected chi connectivity index (χ4v) is 3.43. The average Bonchev–Trinajstić information content (AvgIpc) is 2.71. The Hall–Kier alpha value is -1.10. The molecule has 0 radical (unpaired) electrons. The zero-order valence-corrected chi connectivity index (χ0v) is 19.4. The van der Waals surface area contributed by atoms with Crippen molar-refractivity contribution in [2.45, 2.75) is 142 Å². The standard InChI is InChI=1S/C24H48N2O3/c1-3-5-7-9-11-13-15-17-19-21-23(27)25-29-26-24(28)22-20-18-16-14-12-10-8-6-4-2/h3-22H2,1-2H3,(H,25,27)(H,26,28). The Morgan fingerprint density at radius 2 is 0.759 bits per heavy atom. The van der Waals surface area contributed by atoms with E-state index in [1.807, 2.05) is 0 Å². The molecule has 5 heteroatoms. The van der Waals surface area contributed by atoms with Crippen LogP contribution >= 0.6 is 0 Å². The van der Waals surface area contributed by atoms with Gasteiger partial charge in [-0.1, -0.05) is 117 Å². The van der Waals surface area contributed by atoms with Gasteiger partial charge < -0.3 is 0 Å². The van der Waals surface area contributed by atoms with Crippen LogP contribution in [0.15, 0.2) is 0 Å². The number of rotatable bonds is 22. The summed E-state index contributed by atoms with van der Waals surface area (Å²) in [5.41, 5.74) is 4.61. The number of nitrogens with one attached hydrogen (secondary N) is 2. The summed E-state index contributed by atoms with van der Waals surface area (Å²) in [5.74, 6) is -0.340. The highest BCUT2D eigenvalue weighted by Crippen LogP contribution is 2.11. The summed E-state index contributed by atoms with van der Waals surface area (Å²) < 4.78 is 0. The molecule has 0 unspecified atom stereocenters. The van der Waals surface area contributed by atoms with Crippen LogP contribution in [0.2, 0.25) is 0 Å². The molecular weight excluding hydrogens is 364 g/mol. The van der Waals surface area contributed by atoms with E-state index in [0.29, 0.717) is 12.8 Å². The Balaban J connectivity index is 3.31.